The standard InChI is InChI=1S/C16H23N3O/c1-12(2)6-5-7-13(3)16-17-8-9-19(16)11-15-10-14(4)20-18-15/h6,8-10,13H,5,7,11H2,1-4H3. The van der Waals surface area contributed by atoms with Crippen LogP contribution in [0.15, 0.2) is 34.6 Å². The normalized spacial score (nSPS) is 12.4. The molecule has 2 heterocycles. The second-order valence-corrected chi connectivity index (χ2v) is 5.60. The molecule has 0 saturated carbocycles. The highest BCUT2D eigenvalue weighted by Gasteiger charge is 2.12. The topological polar surface area (TPSA) is 43.9 Å². The summed E-state index contributed by atoms with van der Waals surface area (Å²) in [4.78, 5) is 4.50. The van der Waals surface area contributed by atoms with Crippen molar-refractivity contribution in [3.63, 3.8) is 0 Å². The van der Waals surface area contributed by atoms with Gasteiger partial charge in [0.2, 0.25) is 0 Å². The average molecular weight is 273 g/mol. The molecule has 4 nitrogen and oxygen atoms in total. The molecule has 0 bridgehead atoms. The summed E-state index contributed by atoms with van der Waals surface area (Å²) in [6.07, 6.45) is 8.36. The monoisotopic (exact) mass is 273 g/mol. The van der Waals surface area contributed by atoms with Gasteiger partial charge in [0.15, 0.2) is 0 Å². The highest BCUT2D eigenvalue weighted by atomic mass is 16.5. The minimum absolute atomic E-state index is 0.439. The van der Waals surface area contributed by atoms with Crippen molar-refractivity contribution >= 4 is 0 Å². The van der Waals surface area contributed by atoms with E-state index >= 15 is 0 Å². The quantitative estimate of drug-likeness (QED) is 0.745. The third-order valence-electron chi connectivity index (χ3n) is 3.35. The summed E-state index contributed by atoms with van der Waals surface area (Å²) in [6.45, 7) is 9.13. The molecule has 20 heavy (non-hydrogen) atoms. The summed E-state index contributed by atoms with van der Waals surface area (Å²) >= 11 is 0. The van der Waals surface area contributed by atoms with Gasteiger partial charge in [0.1, 0.15) is 17.3 Å². The second kappa shape index (κ2) is 6.55. The fourth-order valence-electron chi connectivity index (χ4n) is 2.30. The maximum Gasteiger partial charge on any atom is 0.133 e. The molecule has 2 rings (SSSR count). The SMILES string of the molecule is CC(C)=CCCC(C)c1nccn1Cc1cc(C)on1. The number of aromatic nitrogens is 3. The molecule has 108 valence electrons. The lowest BCUT2D eigenvalue weighted by Gasteiger charge is -2.12. The molecule has 0 N–H and O–H groups in total. The molecule has 0 aliphatic rings. The van der Waals surface area contributed by atoms with Crippen LogP contribution < -0.4 is 0 Å². The first kappa shape index (κ1) is 14.6. The van der Waals surface area contributed by atoms with Gasteiger partial charge in [-0.3, -0.25) is 0 Å². The first-order valence-corrected chi connectivity index (χ1v) is 7.13. The Bertz CT molecular complexity index is 576. The van der Waals surface area contributed by atoms with E-state index in [1.54, 1.807) is 0 Å². The molecule has 0 aliphatic heterocycles. The van der Waals surface area contributed by atoms with Crippen LogP contribution in [0.25, 0.3) is 0 Å². The van der Waals surface area contributed by atoms with Gasteiger partial charge in [-0.15, -0.1) is 0 Å². The van der Waals surface area contributed by atoms with Crippen molar-refractivity contribution in [1.29, 1.82) is 0 Å². The molecule has 1 atom stereocenters. The largest absolute Gasteiger partial charge is 0.361 e. The van der Waals surface area contributed by atoms with Crippen LogP contribution in [0, 0.1) is 6.92 Å². The summed E-state index contributed by atoms with van der Waals surface area (Å²) < 4.78 is 7.27. The third kappa shape index (κ3) is 3.83. The van der Waals surface area contributed by atoms with Gasteiger partial charge in [-0.05, 0) is 33.6 Å². The van der Waals surface area contributed by atoms with Crippen molar-refractivity contribution in [3.05, 3.63) is 47.4 Å². The average Bonchev–Trinajstić information content (AvgIpc) is 2.98. The fourth-order valence-corrected chi connectivity index (χ4v) is 2.30. The van der Waals surface area contributed by atoms with Crippen LogP contribution in [-0.2, 0) is 6.54 Å². The number of imidazole rings is 1. The van der Waals surface area contributed by atoms with E-state index in [4.69, 9.17) is 4.52 Å². The maximum atomic E-state index is 5.11. The third-order valence-corrected chi connectivity index (χ3v) is 3.35. The Kier molecular flexibility index (Phi) is 4.77. The van der Waals surface area contributed by atoms with Crippen LogP contribution in [0.3, 0.4) is 0 Å². The first-order valence-electron chi connectivity index (χ1n) is 7.13. The molecule has 2 aromatic heterocycles. The Morgan fingerprint density at radius 2 is 2.25 bits per heavy atom. The fraction of sp³-hybridized carbons (Fsp3) is 0.500. The van der Waals surface area contributed by atoms with Crippen molar-refractivity contribution in [2.24, 2.45) is 0 Å². The van der Waals surface area contributed by atoms with Crippen molar-refractivity contribution in [3.8, 4) is 0 Å². The van der Waals surface area contributed by atoms with Gasteiger partial charge in [0, 0.05) is 24.4 Å². The van der Waals surface area contributed by atoms with Gasteiger partial charge in [-0.2, -0.15) is 0 Å². The van der Waals surface area contributed by atoms with Gasteiger partial charge in [-0.25, -0.2) is 4.98 Å². The van der Waals surface area contributed by atoms with E-state index in [9.17, 15) is 0 Å². The Labute approximate surface area is 120 Å². The van der Waals surface area contributed by atoms with E-state index < -0.39 is 0 Å². The molecule has 0 aromatic carbocycles. The lowest BCUT2D eigenvalue weighted by molar-refractivity contribution is 0.388. The highest BCUT2D eigenvalue weighted by Crippen LogP contribution is 2.20. The molecule has 0 spiro atoms. The predicted molar refractivity (Wildman–Crippen MR) is 79.6 cm³/mol. The zero-order valence-corrected chi connectivity index (χ0v) is 12.8. The summed E-state index contributed by atoms with van der Waals surface area (Å²) in [6, 6.07) is 1.97. The van der Waals surface area contributed by atoms with Gasteiger partial charge in [0.25, 0.3) is 0 Å². The van der Waals surface area contributed by atoms with Gasteiger partial charge in [0.05, 0.1) is 6.54 Å². The molecule has 0 amide bonds. The summed E-state index contributed by atoms with van der Waals surface area (Å²) in [5.41, 5.74) is 2.32. The maximum absolute atomic E-state index is 5.11. The number of nitrogens with zero attached hydrogens (tertiary/aromatic N) is 3. The van der Waals surface area contributed by atoms with E-state index in [-0.39, 0.29) is 0 Å². The highest BCUT2D eigenvalue weighted by molar-refractivity contribution is 5.08. The Morgan fingerprint density at radius 3 is 2.90 bits per heavy atom. The number of rotatable bonds is 6. The van der Waals surface area contributed by atoms with Crippen LogP contribution in [0.4, 0.5) is 0 Å². The molecular weight excluding hydrogens is 250 g/mol. The Balaban J connectivity index is 2.02. The van der Waals surface area contributed by atoms with Crippen molar-refractivity contribution in [1.82, 2.24) is 14.7 Å². The van der Waals surface area contributed by atoms with Crippen LogP contribution in [0.5, 0.6) is 0 Å². The van der Waals surface area contributed by atoms with Gasteiger partial charge >= 0.3 is 0 Å². The first-order chi connectivity index (χ1) is 9.56. The van der Waals surface area contributed by atoms with Crippen molar-refractivity contribution in [2.45, 2.75) is 53.0 Å². The number of hydrogen-bond donors (Lipinski definition) is 0. The van der Waals surface area contributed by atoms with E-state index in [2.05, 4.69) is 41.6 Å². The molecule has 4 heteroatoms. The number of allylic oxidation sites excluding steroid dienone is 2. The van der Waals surface area contributed by atoms with Gasteiger partial charge in [-0.1, -0.05) is 23.7 Å². The minimum Gasteiger partial charge on any atom is -0.361 e. The zero-order valence-electron chi connectivity index (χ0n) is 12.8. The summed E-state index contributed by atoms with van der Waals surface area (Å²) in [5.74, 6) is 2.40. The van der Waals surface area contributed by atoms with E-state index in [0.717, 1.165) is 36.7 Å². The second-order valence-electron chi connectivity index (χ2n) is 5.60. The van der Waals surface area contributed by atoms with Crippen LogP contribution in [-0.4, -0.2) is 14.7 Å². The molecule has 2 aromatic rings. The van der Waals surface area contributed by atoms with E-state index in [1.807, 2.05) is 25.4 Å². The molecule has 0 radical (unpaired) electrons. The number of aryl methyl sites for hydroxylation is 1. The number of hydrogen-bond acceptors (Lipinski definition) is 3. The lowest BCUT2D eigenvalue weighted by Crippen LogP contribution is -2.08. The molecular formula is C16H23N3O. The van der Waals surface area contributed by atoms with Crippen LogP contribution in [0.2, 0.25) is 0 Å². The zero-order chi connectivity index (χ0) is 14.5. The summed E-state index contributed by atoms with van der Waals surface area (Å²) in [7, 11) is 0. The Morgan fingerprint density at radius 1 is 1.45 bits per heavy atom. The Hall–Kier alpha value is -1.84. The smallest absolute Gasteiger partial charge is 0.133 e. The van der Waals surface area contributed by atoms with Crippen LogP contribution in [0.1, 0.15) is 56.8 Å². The lowest BCUT2D eigenvalue weighted by atomic mass is 10.0. The molecule has 0 fully saturated rings. The molecule has 0 aliphatic carbocycles. The van der Waals surface area contributed by atoms with Gasteiger partial charge < -0.3 is 9.09 Å². The minimum atomic E-state index is 0.439. The van der Waals surface area contributed by atoms with E-state index in [1.165, 1.54) is 5.57 Å². The van der Waals surface area contributed by atoms with Crippen LogP contribution >= 0.6 is 0 Å². The summed E-state index contributed by atoms with van der Waals surface area (Å²) in [5, 5.41) is 4.04. The molecule has 1 unspecified atom stereocenters. The molecule has 0 saturated heterocycles. The predicted octanol–water partition coefficient (Wildman–Crippen LogP) is 4.08. The van der Waals surface area contributed by atoms with Crippen molar-refractivity contribution < 1.29 is 4.52 Å². The van der Waals surface area contributed by atoms with Crippen molar-refractivity contribution in [2.75, 3.05) is 0 Å². The van der Waals surface area contributed by atoms with E-state index in [0.29, 0.717) is 5.92 Å².